The van der Waals surface area contributed by atoms with Gasteiger partial charge in [-0.1, -0.05) is 39.5 Å². The van der Waals surface area contributed by atoms with Crippen molar-refractivity contribution in [2.45, 2.75) is 52.1 Å². The first kappa shape index (κ1) is 12.9. The molecule has 1 saturated carbocycles. The summed E-state index contributed by atoms with van der Waals surface area (Å²) in [5.41, 5.74) is 2.84. The molecular formula is C12H25NO2. The van der Waals surface area contributed by atoms with Crippen LogP contribution in [0.5, 0.6) is 0 Å². The number of rotatable bonds is 7. The van der Waals surface area contributed by atoms with Gasteiger partial charge in [-0.3, -0.25) is 0 Å². The number of hydroxylamine groups is 1. The molecule has 1 aliphatic rings. The molecule has 0 aromatic rings. The summed E-state index contributed by atoms with van der Waals surface area (Å²) in [6, 6.07) is 0. The molecule has 1 rings (SSSR count). The first-order valence-electron chi connectivity index (χ1n) is 6.21. The van der Waals surface area contributed by atoms with Crippen LogP contribution in [0.25, 0.3) is 0 Å². The van der Waals surface area contributed by atoms with Crippen molar-refractivity contribution < 1.29 is 9.94 Å². The molecule has 1 fully saturated rings. The molecule has 1 aliphatic carbocycles. The van der Waals surface area contributed by atoms with Gasteiger partial charge in [-0.05, 0) is 18.3 Å². The first-order chi connectivity index (χ1) is 7.18. The Bertz CT molecular complexity index is 156. The quantitative estimate of drug-likeness (QED) is 0.505. The van der Waals surface area contributed by atoms with Gasteiger partial charge in [0.2, 0.25) is 0 Å². The van der Waals surface area contributed by atoms with Crippen molar-refractivity contribution in [2.24, 2.45) is 11.8 Å². The van der Waals surface area contributed by atoms with Gasteiger partial charge in [0.25, 0.3) is 0 Å². The van der Waals surface area contributed by atoms with Gasteiger partial charge in [-0.2, -0.15) is 5.48 Å². The number of aliphatic hydroxyl groups excluding tert-OH is 1. The van der Waals surface area contributed by atoms with Gasteiger partial charge in [0.1, 0.15) is 0 Å². The third-order valence-electron chi connectivity index (χ3n) is 2.92. The minimum Gasteiger partial charge on any atom is -0.392 e. The number of hydrogen-bond acceptors (Lipinski definition) is 3. The summed E-state index contributed by atoms with van der Waals surface area (Å²) in [6.45, 7) is 5.48. The van der Waals surface area contributed by atoms with Crippen molar-refractivity contribution in [3.05, 3.63) is 0 Å². The molecule has 0 bridgehead atoms. The fourth-order valence-corrected chi connectivity index (χ4v) is 2.09. The Morgan fingerprint density at radius 2 is 2.00 bits per heavy atom. The van der Waals surface area contributed by atoms with Crippen molar-refractivity contribution >= 4 is 0 Å². The lowest BCUT2D eigenvalue weighted by molar-refractivity contribution is -0.00325. The van der Waals surface area contributed by atoms with Crippen molar-refractivity contribution in [1.82, 2.24) is 5.48 Å². The van der Waals surface area contributed by atoms with Gasteiger partial charge < -0.3 is 9.94 Å². The molecule has 0 spiro atoms. The first-order valence-corrected chi connectivity index (χ1v) is 6.21. The maximum absolute atomic E-state index is 9.73. The van der Waals surface area contributed by atoms with Gasteiger partial charge in [-0.15, -0.1) is 0 Å². The molecule has 15 heavy (non-hydrogen) atoms. The molecule has 0 aromatic heterocycles. The van der Waals surface area contributed by atoms with Crippen LogP contribution in [-0.4, -0.2) is 24.4 Å². The van der Waals surface area contributed by atoms with E-state index in [0.29, 0.717) is 19.1 Å². The van der Waals surface area contributed by atoms with Crippen LogP contribution in [-0.2, 0) is 4.84 Å². The zero-order chi connectivity index (χ0) is 11.1. The molecule has 1 atom stereocenters. The van der Waals surface area contributed by atoms with E-state index in [2.05, 4.69) is 19.3 Å². The van der Waals surface area contributed by atoms with Gasteiger partial charge in [0.05, 0.1) is 12.7 Å². The van der Waals surface area contributed by atoms with Gasteiger partial charge in [0.15, 0.2) is 0 Å². The van der Waals surface area contributed by atoms with Crippen molar-refractivity contribution in [1.29, 1.82) is 0 Å². The van der Waals surface area contributed by atoms with Gasteiger partial charge in [0, 0.05) is 6.54 Å². The Morgan fingerprint density at radius 3 is 2.60 bits per heavy atom. The standard InChI is InChI=1S/C12H25NO2/c1-10(2)9-15-13-8-12(14)7-11-5-3-4-6-11/h10-14H,3-9H2,1-2H3. The zero-order valence-corrected chi connectivity index (χ0v) is 10.0. The van der Waals surface area contributed by atoms with E-state index in [9.17, 15) is 5.11 Å². The summed E-state index contributed by atoms with van der Waals surface area (Å²) in [6.07, 6.45) is 5.95. The molecule has 1 unspecified atom stereocenters. The van der Waals surface area contributed by atoms with Crippen LogP contribution in [0.2, 0.25) is 0 Å². The largest absolute Gasteiger partial charge is 0.392 e. The van der Waals surface area contributed by atoms with Gasteiger partial charge in [-0.25, -0.2) is 0 Å². The summed E-state index contributed by atoms with van der Waals surface area (Å²) in [5.74, 6) is 1.27. The molecule has 90 valence electrons. The smallest absolute Gasteiger partial charge is 0.0705 e. The van der Waals surface area contributed by atoms with Gasteiger partial charge >= 0.3 is 0 Å². The molecule has 0 heterocycles. The number of aliphatic hydroxyl groups is 1. The molecule has 0 aliphatic heterocycles. The average molecular weight is 215 g/mol. The maximum Gasteiger partial charge on any atom is 0.0705 e. The Morgan fingerprint density at radius 1 is 1.33 bits per heavy atom. The van der Waals surface area contributed by atoms with E-state index in [4.69, 9.17) is 4.84 Å². The lowest BCUT2D eigenvalue weighted by Crippen LogP contribution is -2.29. The van der Waals surface area contributed by atoms with Crippen LogP contribution in [0.3, 0.4) is 0 Å². The van der Waals surface area contributed by atoms with Crippen LogP contribution in [0.1, 0.15) is 46.0 Å². The Kier molecular flexibility index (Phi) is 6.22. The second kappa shape index (κ2) is 7.20. The minimum atomic E-state index is -0.250. The van der Waals surface area contributed by atoms with Crippen molar-refractivity contribution in [3.8, 4) is 0 Å². The summed E-state index contributed by atoms with van der Waals surface area (Å²) in [5, 5.41) is 9.73. The monoisotopic (exact) mass is 215 g/mol. The van der Waals surface area contributed by atoms with E-state index < -0.39 is 0 Å². The minimum absolute atomic E-state index is 0.250. The molecule has 0 amide bonds. The normalized spacial score (nSPS) is 20.0. The topological polar surface area (TPSA) is 41.5 Å². The van der Waals surface area contributed by atoms with E-state index in [1.54, 1.807) is 0 Å². The Balaban J connectivity index is 1.95. The SMILES string of the molecule is CC(C)CONCC(O)CC1CCCC1. The van der Waals surface area contributed by atoms with Crippen LogP contribution in [0.4, 0.5) is 0 Å². The predicted octanol–water partition coefficient (Wildman–Crippen LogP) is 2.10. The fraction of sp³-hybridized carbons (Fsp3) is 1.00. The highest BCUT2D eigenvalue weighted by Gasteiger charge is 2.18. The second-order valence-corrected chi connectivity index (χ2v) is 5.09. The average Bonchev–Trinajstić information content (AvgIpc) is 2.64. The predicted molar refractivity (Wildman–Crippen MR) is 61.4 cm³/mol. The van der Waals surface area contributed by atoms with E-state index in [1.807, 2.05) is 0 Å². The van der Waals surface area contributed by atoms with E-state index in [1.165, 1.54) is 25.7 Å². The van der Waals surface area contributed by atoms with E-state index in [0.717, 1.165) is 12.3 Å². The van der Waals surface area contributed by atoms with Crippen molar-refractivity contribution in [3.63, 3.8) is 0 Å². The molecular weight excluding hydrogens is 190 g/mol. The molecule has 3 heteroatoms. The van der Waals surface area contributed by atoms with E-state index in [-0.39, 0.29) is 6.10 Å². The lowest BCUT2D eigenvalue weighted by atomic mass is 10.0. The molecule has 0 radical (unpaired) electrons. The fourth-order valence-electron chi connectivity index (χ4n) is 2.09. The van der Waals surface area contributed by atoms with Crippen molar-refractivity contribution in [2.75, 3.05) is 13.2 Å². The van der Waals surface area contributed by atoms with Crippen LogP contribution < -0.4 is 5.48 Å². The summed E-state index contributed by atoms with van der Waals surface area (Å²) in [4.78, 5) is 5.22. The third-order valence-corrected chi connectivity index (χ3v) is 2.92. The Labute approximate surface area is 93.2 Å². The summed E-state index contributed by atoms with van der Waals surface area (Å²) < 4.78 is 0. The lowest BCUT2D eigenvalue weighted by Gasteiger charge is -2.16. The van der Waals surface area contributed by atoms with E-state index >= 15 is 0 Å². The molecule has 2 N–H and O–H groups in total. The Hall–Kier alpha value is -0.120. The molecule has 0 aromatic carbocycles. The van der Waals surface area contributed by atoms with Crippen LogP contribution >= 0.6 is 0 Å². The second-order valence-electron chi connectivity index (χ2n) is 5.09. The van der Waals surface area contributed by atoms with Crippen LogP contribution in [0.15, 0.2) is 0 Å². The number of nitrogens with one attached hydrogen (secondary N) is 1. The third kappa shape index (κ3) is 6.13. The van der Waals surface area contributed by atoms with Crippen LogP contribution in [0, 0.1) is 11.8 Å². The highest BCUT2D eigenvalue weighted by Crippen LogP contribution is 2.28. The maximum atomic E-state index is 9.73. The highest BCUT2D eigenvalue weighted by atomic mass is 16.6. The summed E-state index contributed by atoms with van der Waals surface area (Å²) in [7, 11) is 0. The molecule has 3 nitrogen and oxygen atoms in total. The molecule has 0 saturated heterocycles. The number of hydrogen-bond donors (Lipinski definition) is 2. The highest BCUT2D eigenvalue weighted by molar-refractivity contribution is 4.71. The summed E-state index contributed by atoms with van der Waals surface area (Å²) >= 11 is 0. The zero-order valence-electron chi connectivity index (χ0n) is 10.0.